The molecule has 2 aromatic heterocycles. The highest BCUT2D eigenvalue weighted by Crippen LogP contribution is 2.21. The number of para-hydroxylation sites is 2. The van der Waals surface area contributed by atoms with Crippen molar-refractivity contribution in [2.45, 2.75) is 25.4 Å². The lowest BCUT2D eigenvalue weighted by atomic mass is 10.1. The lowest BCUT2D eigenvalue weighted by Crippen LogP contribution is -2.43. The summed E-state index contributed by atoms with van der Waals surface area (Å²) in [6.45, 7) is 1.33. The summed E-state index contributed by atoms with van der Waals surface area (Å²) >= 11 is 0. The van der Waals surface area contributed by atoms with Crippen molar-refractivity contribution in [2.24, 2.45) is 0 Å². The summed E-state index contributed by atoms with van der Waals surface area (Å²) in [6.07, 6.45) is 5.60. The van der Waals surface area contributed by atoms with Gasteiger partial charge in [0.15, 0.2) is 5.58 Å². The number of aromatic nitrogens is 3. The van der Waals surface area contributed by atoms with E-state index < -0.39 is 5.76 Å². The number of rotatable bonds is 3. The van der Waals surface area contributed by atoms with Gasteiger partial charge in [0.2, 0.25) is 5.91 Å². The van der Waals surface area contributed by atoms with E-state index in [0.29, 0.717) is 24.2 Å². The quantitative estimate of drug-likeness (QED) is 0.734. The minimum absolute atomic E-state index is 0.00166. The molecular formula is C17H18N4O3. The van der Waals surface area contributed by atoms with Crippen molar-refractivity contribution in [3.05, 3.63) is 53.3 Å². The molecule has 0 radical (unpaired) electrons. The topological polar surface area (TPSA) is 73.3 Å². The molecule has 1 unspecified atom stereocenters. The number of amides is 1. The molecule has 0 spiro atoms. The van der Waals surface area contributed by atoms with Crippen LogP contribution in [0.1, 0.15) is 18.9 Å². The standard InChI is InChI=1S/C17H18N4O3/c22-16(12-20-14-6-1-2-7-15(14)24-17(20)23)19-9-3-5-13(11-19)21-10-4-8-18-21/h1-2,4,6-8,10,13H,3,5,9,11-12H2. The maximum Gasteiger partial charge on any atom is 0.420 e. The Morgan fingerprint density at radius 2 is 2.17 bits per heavy atom. The summed E-state index contributed by atoms with van der Waals surface area (Å²) in [7, 11) is 0. The Kier molecular flexibility index (Phi) is 3.68. The Bertz CT molecular complexity index is 909. The third kappa shape index (κ3) is 2.62. The normalized spacial score (nSPS) is 18.2. The van der Waals surface area contributed by atoms with Crippen LogP contribution in [0.15, 0.2) is 51.9 Å². The monoisotopic (exact) mass is 326 g/mol. The van der Waals surface area contributed by atoms with Gasteiger partial charge in [0, 0.05) is 25.5 Å². The van der Waals surface area contributed by atoms with Crippen LogP contribution in [0.5, 0.6) is 0 Å². The molecule has 1 amide bonds. The molecule has 0 saturated carbocycles. The van der Waals surface area contributed by atoms with Crippen LogP contribution >= 0.6 is 0 Å². The predicted molar refractivity (Wildman–Crippen MR) is 87.6 cm³/mol. The number of hydrogen-bond acceptors (Lipinski definition) is 4. The van der Waals surface area contributed by atoms with Crippen LogP contribution in [0, 0.1) is 0 Å². The van der Waals surface area contributed by atoms with Crippen molar-refractivity contribution in [2.75, 3.05) is 13.1 Å². The molecule has 0 aliphatic carbocycles. The first-order valence-electron chi connectivity index (χ1n) is 8.07. The minimum Gasteiger partial charge on any atom is -0.408 e. The van der Waals surface area contributed by atoms with Crippen LogP contribution in [0.2, 0.25) is 0 Å². The zero-order valence-electron chi connectivity index (χ0n) is 13.2. The van der Waals surface area contributed by atoms with Gasteiger partial charge in [0.05, 0.1) is 11.6 Å². The second-order valence-corrected chi connectivity index (χ2v) is 6.04. The summed E-state index contributed by atoms with van der Waals surface area (Å²) in [4.78, 5) is 26.5. The van der Waals surface area contributed by atoms with Gasteiger partial charge in [0.25, 0.3) is 0 Å². The van der Waals surface area contributed by atoms with Gasteiger partial charge in [-0.3, -0.25) is 14.0 Å². The Balaban J connectivity index is 1.53. The fourth-order valence-corrected chi connectivity index (χ4v) is 3.29. The van der Waals surface area contributed by atoms with E-state index >= 15 is 0 Å². The summed E-state index contributed by atoms with van der Waals surface area (Å²) < 4.78 is 8.49. The first kappa shape index (κ1) is 14.7. The van der Waals surface area contributed by atoms with E-state index in [-0.39, 0.29) is 18.5 Å². The van der Waals surface area contributed by atoms with E-state index in [1.165, 1.54) is 4.57 Å². The Morgan fingerprint density at radius 1 is 1.29 bits per heavy atom. The SMILES string of the molecule is O=C(Cn1c(=O)oc2ccccc21)N1CCCC(n2cccn2)C1. The Morgan fingerprint density at radius 3 is 3.00 bits per heavy atom. The van der Waals surface area contributed by atoms with E-state index in [2.05, 4.69) is 5.10 Å². The molecule has 1 aliphatic rings. The zero-order chi connectivity index (χ0) is 16.5. The highest BCUT2D eigenvalue weighted by molar-refractivity contribution is 5.79. The van der Waals surface area contributed by atoms with Gasteiger partial charge < -0.3 is 9.32 Å². The van der Waals surface area contributed by atoms with Gasteiger partial charge in [-0.1, -0.05) is 12.1 Å². The second kappa shape index (κ2) is 5.99. The van der Waals surface area contributed by atoms with Crippen molar-refractivity contribution in [1.29, 1.82) is 0 Å². The molecule has 1 aromatic carbocycles. The highest BCUT2D eigenvalue weighted by Gasteiger charge is 2.26. The lowest BCUT2D eigenvalue weighted by molar-refractivity contribution is -0.133. The van der Waals surface area contributed by atoms with Crippen LogP contribution in [0.25, 0.3) is 11.1 Å². The smallest absolute Gasteiger partial charge is 0.408 e. The average molecular weight is 326 g/mol. The minimum atomic E-state index is -0.495. The van der Waals surface area contributed by atoms with E-state index in [0.717, 1.165) is 12.8 Å². The number of nitrogens with zero attached hydrogens (tertiary/aromatic N) is 4. The first-order chi connectivity index (χ1) is 11.7. The molecule has 3 heterocycles. The highest BCUT2D eigenvalue weighted by atomic mass is 16.4. The van der Waals surface area contributed by atoms with Crippen molar-refractivity contribution < 1.29 is 9.21 Å². The first-order valence-corrected chi connectivity index (χ1v) is 8.07. The third-order valence-corrected chi connectivity index (χ3v) is 4.52. The fourth-order valence-electron chi connectivity index (χ4n) is 3.29. The molecule has 124 valence electrons. The van der Waals surface area contributed by atoms with Crippen LogP contribution in [-0.2, 0) is 11.3 Å². The van der Waals surface area contributed by atoms with Crippen molar-refractivity contribution in [1.82, 2.24) is 19.2 Å². The van der Waals surface area contributed by atoms with Crippen LogP contribution < -0.4 is 5.76 Å². The van der Waals surface area contributed by atoms with Gasteiger partial charge in [0.1, 0.15) is 6.54 Å². The maximum absolute atomic E-state index is 12.7. The van der Waals surface area contributed by atoms with E-state index in [1.807, 2.05) is 27.9 Å². The summed E-state index contributed by atoms with van der Waals surface area (Å²) in [6, 6.07) is 9.22. The summed E-state index contributed by atoms with van der Waals surface area (Å²) in [5.41, 5.74) is 1.15. The van der Waals surface area contributed by atoms with E-state index in [4.69, 9.17) is 4.42 Å². The van der Waals surface area contributed by atoms with Gasteiger partial charge in [-0.15, -0.1) is 0 Å². The molecule has 1 saturated heterocycles. The molecule has 24 heavy (non-hydrogen) atoms. The Labute approximate surface area is 138 Å². The largest absolute Gasteiger partial charge is 0.420 e. The van der Waals surface area contributed by atoms with Crippen molar-refractivity contribution >= 4 is 17.0 Å². The van der Waals surface area contributed by atoms with Gasteiger partial charge in [-0.25, -0.2) is 4.79 Å². The lowest BCUT2D eigenvalue weighted by Gasteiger charge is -2.32. The van der Waals surface area contributed by atoms with Gasteiger partial charge >= 0.3 is 5.76 Å². The molecule has 4 rings (SSSR count). The molecule has 1 aliphatic heterocycles. The number of piperidine rings is 1. The number of hydrogen-bond donors (Lipinski definition) is 0. The van der Waals surface area contributed by atoms with Crippen molar-refractivity contribution in [3.63, 3.8) is 0 Å². The Hall–Kier alpha value is -2.83. The number of likely N-dealkylation sites (tertiary alicyclic amines) is 1. The maximum atomic E-state index is 12.7. The molecule has 3 aromatic rings. The zero-order valence-corrected chi connectivity index (χ0v) is 13.2. The van der Waals surface area contributed by atoms with E-state index in [9.17, 15) is 9.59 Å². The number of oxazole rings is 1. The average Bonchev–Trinajstić information content (AvgIpc) is 3.24. The third-order valence-electron chi connectivity index (χ3n) is 4.52. The molecule has 0 bridgehead atoms. The second-order valence-electron chi connectivity index (χ2n) is 6.04. The molecule has 1 fully saturated rings. The number of carbonyl (C=O) groups excluding carboxylic acids is 1. The molecule has 1 atom stereocenters. The summed E-state index contributed by atoms with van der Waals surface area (Å²) in [5, 5.41) is 4.27. The van der Waals surface area contributed by atoms with Gasteiger partial charge in [-0.05, 0) is 31.0 Å². The van der Waals surface area contributed by atoms with E-state index in [1.54, 1.807) is 24.4 Å². The summed E-state index contributed by atoms with van der Waals surface area (Å²) in [5.74, 6) is -0.564. The molecule has 7 heteroatoms. The van der Waals surface area contributed by atoms with Gasteiger partial charge in [-0.2, -0.15) is 5.10 Å². The van der Waals surface area contributed by atoms with Crippen LogP contribution in [0.3, 0.4) is 0 Å². The number of carbonyl (C=O) groups is 1. The predicted octanol–water partition coefficient (Wildman–Crippen LogP) is 1.65. The number of fused-ring (bicyclic) bond motifs is 1. The molecule has 7 nitrogen and oxygen atoms in total. The molecular weight excluding hydrogens is 308 g/mol. The number of benzene rings is 1. The van der Waals surface area contributed by atoms with Crippen LogP contribution in [-0.4, -0.2) is 38.2 Å². The fraction of sp³-hybridized carbons (Fsp3) is 0.353. The van der Waals surface area contributed by atoms with Crippen LogP contribution in [0.4, 0.5) is 0 Å². The molecule has 0 N–H and O–H groups in total. The van der Waals surface area contributed by atoms with Crippen molar-refractivity contribution in [3.8, 4) is 0 Å².